The largest absolute Gasteiger partial charge is 0.392 e. The van der Waals surface area contributed by atoms with Crippen LogP contribution in [0, 0.1) is 0 Å². The molecule has 9 heavy (non-hydrogen) atoms. The highest BCUT2D eigenvalue weighted by atomic mass is 31.1. The standard InChI is InChI=1S/C3H7O5P/c4-1-3(6,2-5)9(7)8/h4-6H,1-2H2. The van der Waals surface area contributed by atoms with Crippen LogP contribution in [0.2, 0.25) is 0 Å². The van der Waals surface area contributed by atoms with E-state index in [1.807, 2.05) is 0 Å². The van der Waals surface area contributed by atoms with Crippen molar-refractivity contribution in [2.45, 2.75) is 5.34 Å². The molecule has 0 bridgehead atoms. The van der Waals surface area contributed by atoms with Gasteiger partial charge in [0.2, 0.25) is 5.34 Å². The summed E-state index contributed by atoms with van der Waals surface area (Å²) in [5.74, 6) is 0. The van der Waals surface area contributed by atoms with Crippen molar-refractivity contribution in [3.63, 3.8) is 0 Å². The second kappa shape index (κ2) is 3.08. The summed E-state index contributed by atoms with van der Waals surface area (Å²) >= 11 is 0. The van der Waals surface area contributed by atoms with Crippen LogP contribution < -0.4 is 0 Å². The minimum absolute atomic E-state index is 0.984. The van der Waals surface area contributed by atoms with E-state index in [0.29, 0.717) is 0 Å². The number of hydrogen-bond acceptors (Lipinski definition) is 5. The van der Waals surface area contributed by atoms with Crippen molar-refractivity contribution in [3.8, 4) is 0 Å². The lowest BCUT2D eigenvalue weighted by Crippen LogP contribution is -2.31. The molecule has 3 N–H and O–H groups in total. The van der Waals surface area contributed by atoms with Crippen LogP contribution in [0.25, 0.3) is 0 Å². The van der Waals surface area contributed by atoms with Gasteiger partial charge < -0.3 is 15.3 Å². The highest BCUT2D eigenvalue weighted by molar-refractivity contribution is 7.32. The van der Waals surface area contributed by atoms with Gasteiger partial charge in [-0.3, -0.25) is 0 Å². The Bertz CT molecular complexity index is 138. The van der Waals surface area contributed by atoms with Crippen LogP contribution in [0.4, 0.5) is 0 Å². The van der Waals surface area contributed by atoms with Gasteiger partial charge in [0.1, 0.15) is 0 Å². The molecule has 0 aliphatic rings. The summed E-state index contributed by atoms with van der Waals surface area (Å²) in [5.41, 5.74) is 0. The monoisotopic (exact) mass is 154 g/mol. The van der Waals surface area contributed by atoms with Gasteiger partial charge in [0, 0.05) is 0 Å². The third-order valence-corrected chi connectivity index (χ3v) is 1.81. The summed E-state index contributed by atoms with van der Waals surface area (Å²) < 4.78 is 19.9. The number of aliphatic hydroxyl groups excluding tert-OH is 2. The molecule has 0 aliphatic carbocycles. The normalized spacial score (nSPS) is 11.4. The first-order valence-corrected chi connectivity index (χ1v) is 3.33. The van der Waals surface area contributed by atoms with Crippen LogP contribution >= 0.6 is 7.68 Å². The average molecular weight is 154 g/mol. The van der Waals surface area contributed by atoms with Gasteiger partial charge >= 0.3 is 7.68 Å². The number of rotatable bonds is 3. The molecule has 0 saturated heterocycles. The number of aliphatic hydroxyl groups is 3. The Labute approximate surface area is 51.8 Å². The van der Waals surface area contributed by atoms with Crippen LogP contribution in [0.3, 0.4) is 0 Å². The Morgan fingerprint density at radius 1 is 1.22 bits per heavy atom. The summed E-state index contributed by atoms with van der Waals surface area (Å²) in [6.45, 7) is -1.97. The van der Waals surface area contributed by atoms with Gasteiger partial charge in [-0.15, -0.1) is 0 Å². The van der Waals surface area contributed by atoms with E-state index in [4.69, 9.17) is 15.3 Å². The second-order valence-electron chi connectivity index (χ2n) is 1.56. The Balaban J connectivity index is 4.28. The van der Waals surface area contributed by atoms with E-state index in [0.717, 1.165) is 0 Å². The summed E-state index contributed by atoms with van der Waals surface area (Å²) in [6.07, 6.45) is 0. The lowest BCUT2D eigenvalue weighted by molar-refractivity contribution is 0.00797. The molecule has 0 heterocycles. The first-order valence-electron chi connectivity index (χ1n) is 2.15. The molecular formula is C3H7O5P. The molecular weight excluding hydrogens is 147 g/mol. The van der Waals surface area contributed by atoms with Gasteiger partial charge in [0.25, 0.3) is 0 Å². The van der Waals surface area contributed by atoms with Crippen molar-refractivity contribution in [2.75, 3.05) is 13.2 Å². The molecule has 0 aromatic rings. The smallest absolute Gasteiger partial charge is 0.353 e. The quantitative estimate of drug-likeness (QED) is 0.445. The maximum Gasteiger partial charge on any atom is 0.353 e. The van der Waals surface area contributed by atoms with Crippen molar-refractivity contribution in [3.05, 3.63) is 0 Å². The Morgan fingerprint density at radius 2 is 1.56 bits per heavy atom. The topological polar surface area (TPSA) is 94.8 Å². The van der Waals surface area contributed by atoms with Gasteiger partial charge in [0.05, 0.1) is 13.2 Å². The fourth-order valence-electron chi connectivity index (χ4n) is 0.165. The SMILES string of the molecule is O=P(=O)C(O)(CO)CO. The molecule has 0 saturated carbocycles. The van der Waals surface area contributed by atoms with E-state index < -0.39 is 26.2 Å². The molecule has 0 aromatic carbocycles. The van der Waals surface area contributed by atoms with Crippen LogP contribution in [0.1, 0.15) is 0 Å². The van der Waals surface area contributed by atoms with E-state index >= 15 is 0 Å². The van der Waals surface area contributed by atoms with Gasteiger partial charge in [-0.05, 0) is 0 Å². The maximum atomic E-state index is 9.95. The molecule has 0 amide bonds. The molecule has 0 spiro atoms. The Morgan fingerprint density at radius 3 is 1.56 bits per heavy atom. The summed E-state index contributed by atoms with van der Waals surface area (Å²) in [7, 11) is -3.19. The van der Waals surface area contributed by atoms with Crippen molar-refractivity contribution in [1.82, 2.24) is 0 Å². The van der Waals surface area contributed by atoms with Gasteiger partial charge in [-0.1, -0.05) is 0 Å². The van der Waals surface area contributed by atoms with Crippen molar-refractivity contribution < 1.29 is 24.4 Å². The summed E-state index contributed by atoms with van der Waals surface area (Å²) in [5, 5.41) is 22.6. The highest BCUT2D eigenvalue weighted by Crippen LogP contribution is 2.23. The minimum Gasteiger partial charge on any atom is -0.392 e. The first kappa shape index (κ1) is 8.78. The minimum atomic E-state index is -3.19. The molecule has 0 radical (unpaired) electrons. The molecule has 6 heteroatoms. The molecule has 0 aromatic heterocycles. The van der Waals surface area contributed by atoms with E-state index in [1.165, 1.54) is 0 Å². The first-order chi connectivity index (χ1) is 4.06. The molecule has 0 unspecified atom stereocenters. The van der Waals surface area contributed by atoms with Crippen LogP contribution in [-0.2, 0) is 9.13 Å². The zero-order valence-corrected chi connectivity index (χ0v) is 5.41. The van der Waals surface area contributed by atoms with Crippen LogP contribution in [0.5, 0.6) is 0 Å². The molecule has 54 valence electrons. The van der Waals surface area contributed by atoms with E-state index in [1.54, 1.807) is 0 Å². The summed E-state index contributed by atoms with van der Waals surface area (Å²) in [4.78, 5) is 0. The molecule has 0 atom stereocenters. The average Bonchev–Trinajstić information content (AvgIpc) is 1.86. The fraction of sp³-hybridized carbons (Fsp3) is 1.00. The van der Waals surface area contributed by atoms with Crippen molar-refractivity contribution in [2.24, 2.45) is 0 Å². The third-order valence-electron chi connectivity index (χ3n) is 0.846. The van der Waals surface area contributed by atoms with Gasteiger partial charge in [0.15, 0.2) is 0 Å². The predicted octanol–water partition coefficient (Wildman–Crippen LogP) is -1.17. The second-order valence-corrected chi connectivity index (χ2v) is 2.90. The lowest BCUT2D eigenvalue weighted by atomic mass is 10.4. The Kier molecular flexibility index (Phi) is 3.00. The molecule has 0 aliphatic heterocycles. The van der Waals surface area contributed by atoms with E-state index in [-0.39, 0.29) is 0 Å². The Hall–Kier alpha value is -0.220. The third kappa shape index (κ3) is 1.87. The van der Waals surface area contributed by atoms with Crippen LogP contribution in [-0.4, -0.2) is 33.9 Å². The van der Waals surface area contributed by atoms with Gasteiger partial charge in [-0.25, -0.2) is 9.13 Å². The van der Waals surface area contributed by atoms with Gasteiger partial charge in [-0.2, -0.15) is 0 Å². The van der Waals surface area contributed by atoms with E-state index in [9.17, 15) is 9.13 Å². The zero-order valence-electron chi connectivity index (χ0n) is 4.52. The molecule has 5 nitrogen and oxygen atoms in total. The molecule has 0 rings (SSSR count). The van der Waals surface area contributed by atoms with E-state index in [2.05, 4.69) is 0 Å². The maximum absolute atomic E-state index is 9.95. The molecule has 0 fully saturated rings. The summed E-state index contributed by atoms with van der Waals surface area (Å²) in [6, 6.07) is 0. The van der Waals surface area contributed by atoms with Crippen molar-refractivity contribution >= 4 is 7.68 Å². The lowest BCUT2D eigenvalue weighted by Gasteiger charge is -2.11. The predicted molar refractivity (Wildman–Crippen MR) is 27.4 cm³/mol. The van der Waals surface area contributed by atoms with Crippen molar-refractivity contribution in [1.29, 1.82) is 0 Å². The zero-order chi connectivity index (χ0) is 7.49. The van der Waals surface area contributed by atoms with Crippen LogP contribution in [0.15, 0.2) is 0 Å². The fourth-order valence-corrected chi connectivity index (χ4v) is 0.396. The highest BCUT2D eigenvalue weighted by Gasteiger charge is 2.31. The number of hydrogen-bond donors (Lipinski definition) is 3.